The molecule has 10 aliphatic rings. The molecule has 0 spiro atoms. The standard InChI is InChI=1S/C41H61NO7S.C40H59NO7S.C37H60N2O7S/c1-11-13-16-20-32(44)36(46)28(19-14-12-2)23-33(45)35-34-31(40(34,9)10)26-42(35)37(47)30(38(3,4)5)24-29(43)25-41(21-17-15-18-22-41)27-50(48,49)39(6,7)8;1-11-13-18-27(35(45)31(43)19-14-12-2)22-32(44)34-33-30(39(33,9)10)25-41(34)36(46)29(37(3,4)5)23-28(42)24-40(20-16-15-17-21-40)26-49(47,48)38(6,7)8;1-34(2,3)26(19-25(40)20-37(15-10-9-11-16-37)22-47(45,46)35(4,5)6)33(44)39-21-27-29(36(27,7)8)30(39)28(41)18-24(31(42)32(38)43)17-23-13-12-14-23/h1-2,28,30-31,34-35H,13-27H2,3-10H3;1-2,27,29-30,33-34H,13-26H2,3-10H3;23-24,26-27,29-30H,9-22H2,1-8H3,(H2,38,43)/t28?,30-,31?,34+,35-;27?,29-,30?,33+,34-;24?,26-,27?,29+,30-/m111/s1. The number of sulfone groups is 3. The van der Waals surface area contributed by atoms with Crippen molar-refractivity contribution in [3.63, 3.8) is 0 Å². The first-order chi connectivity index (χ1) is 67.1. The maximum atomic E-state index is 14.6. The van der Waals surface area contributed by atoms with E-state index in [9.17, 15) is 97.2 Å². The fraction of sp³-hybridized carbons (Fsp3) is 0.805. The highest BCUT2D eigenvalue weighted by molar-refractivity contribution is 7.93. The van der Waals surface area contributed by atoms with Crippen LogP contribution in [0.1, 0.15) is 404 Å². The van der Waals surface area contributed by atoms with Crippen LogP contribution in [0, 0.1) is 175 Å². The molecule has 10 fully saturated rings. The first-order valence-electron chi connectivity index (χ1n) is 54.5. The molecule has 3 heterocycles. The Hall–Kier alpha value is -7.66. The van der Waals surface area contributed by atoms with Gasteiger partial charge in [-0.25, -0.2) is 25.3 Å². The van der Waals surface area contributed by atoms with Crippen LogP contribution in [0.3, 0.4) is 0 Å². The van der Waals surface area contributed by atoms with Gasteiger partial charge in [0.05, 0.1) is 49.6 Å². The predicted molar refractivity (Wildman–Crippen MR) is 570 cm³/mol. The highest BCUT2D eigenvalue weighted by Gasteiger charge is 2.73. The lowest BCUT2D eigenvalue weighted by molar-refractivity contribution is -0.148. The van der Waals surface area contributed by atoms with Gasteiger partial charge in [0.25, 0.3) is 5.91 Å². The minimum Gasteiger partial charge on any atom is -0.363 e. The molecular weight excluding hydrogens is 1910 g/mol. The molecule has 25 nitrogen and oxygen atoms in total. The van der Waals surface area contributed by atoms with Gasteiger partial charge in [-0.05, 0) is 217 Å². The van der Waals surface area contributed by atoms with Crippen molar-refractivity contribution in [2.24, 2.45) is 131 Å². The molecule has 2 N–H and O–H groups in total. The van der Waals surface area contributed by atoms with Gasteiger partial charge in [-0.1, -0.05) is 181 Å². The zero-order chi connectivity index (χ0) is 110. The average Bonchev–Trinajstić information content (AvgIpc) is 1.53. The lowest BCUT2D eigenvalue weighted by Crippen LogP contribution is -2.51. The Labute approximate surface area is 876 Å². The quantitative estimate of drug-likeness (QED) is 0.0336. The number of Topliss-reactive ketones (excluding diaryl/α,β-unsaturated/α-hetero) is 11. The number of rotatable bonds is 47. The molecule has 0 radical (unpaired) electrons. The van der Waals surface area contributed by atoms with Crippen LogP contribution in [0.25, 0.3) is 0 Å². The van der Waals surface area contributed by atoms with E-state index in [1.54, 1.807) is 77.0 Å². The SMILES string of the molecule is C#CCCC(=O)C(=O)C(CCC#C)CC(=O)[C@@H]1[C@@H]2C(CN1C(=O)[C@@H](CC(=O)CC1(CS(=O)(=O)C(C)(C)C)CCCCC1)C(C)(C)C)C2(C)C.C#CCCCC(=O)C(=O)C(CCC#C)CC(=O)[C@@H]1[C@@H]2C(CN1C(=O)[C@@H](CC(=O)CC1(CS(=O)(=O)C(C)(C)C)CCCCC1)C(C)(C)C)C2(C)C.CC(C)(C)[C@H](CC(=O)CC1(CS(=O)(=O)C(C)(C)C)CCCCC1)C(=O)N1CC2[C@@H]([C@H]1C(=O)CC(CC1CCC1)C(=O)C(N)=O)C2(C)C. The molecule has 10 rings (SSSR count). The summed E-state index contributed by atoms with van der Waals surface area (Å²) in [7, 11) is -10.4. The molecule has 7 aliphatic carbocycles. The Bertz CT molecular complexity index is 5400. The third kappa shape index (κ3) is 29.8. The number of carbonyl (C=O) groups excluding carboxylic acids is 15. The normalized spacial score (nSPS) is 24.9. The van der Waals surface area contributed by atoms with Gasteiger partial charge in [0.2, 0.25) is 35.1 Å². The number of unbranched alkanes of at least 4 members (excludes halogenated alkanes) is 1. The first-order valence-corrected chi connectivity index (χ1v) is 59.5. The van der Waals surface area contributed by atoms with E-state index in [2.05, 4.69) is 65.2 Å². The van der Waals surface area contributed by atoms with Crippen molar-refractivity contribution in [2.45, 2.75) is 436 Å². The third-order valence-corrected chi connectivity index (χ3v) is 44.7. The minimum absolute atomic E-state index is 0.0136. The van der Waals surface area contributed by atoms with Crippen molar-refractivity contribution in [1.82, 2.24) is 14.7 Å². The summed E-state index contributed by atoms with van der Waals surface area (Å²) in [6.07, 6.45) is 38.7. The number of fused-ring (bicyclic) bond motifs is 3. The summed E-state index contributed by atoms with van der Waals surface area (Å²) in [5.41, 5.74) is 1.17. The molecule has 0 aromatic rings. The number of hydrogen-bond acceptors (Lipinski definition) is 21. The zero-order valence-electron chi connectivity index (χ0n) is 93.2. The Morgan fingerprint density at radius 1 is 0.349 bits per heavy atom. The number of amides is 4. The highest BCUT2D eigenvalue weighted by atomic mass is 32.2. The molecule has 3 saturated heterocycles. The number of terminal acetylenes is 4. The van der Waals surface area contributed by atoms with E-state index in [4.69, 9.17) is 31.4 Å². The van der Waals surface area contributed by atoms with Crippen LogP contribution in [0.4, 0.5) is 0 Å². The van der Waals surface area contributed by atoms with E-state index in [-0.39, 0.29) is 224 Å². The van der Waals surface area contributed by atoms with Gasteiger partial charge in [-0.2, -0.15) is 0 Å². The van der Waals surface area contributed by atoms with Crippen molar-refractivity contribution in [3.05, 3.63) is 0 Å². The van der Waals surface area contributed by atoms with E-state index in [0.717, 1.165) is 77.0 Å². The van der Waals surface area contributed by atoms with Gasteiger partial charge in [0.15, 0.2) is 58.4 Å². The number of hydrogen-bond donors (Lipinski definition) is 1. The maximum Gasteiger partial charge on any atom is 0.285 e. The second kappa shape index (κ2) is 47.7. The molecule has 146 heavy (non-hydrogen) atoms. The summed E-state index contributed by atoms with van der Waals surface area (Å²) in [4.78, 5) is 209. The lowest BCUT2D eigenvalue weighted by atomic mass is 9.70. The van der Waals surface area contributed by atoms with Crippen LogP contribution in [-0.4, -0.2) is 196 Å². The molecule has 7 saturated carbocycles. The van der Waals surface area contributed by atoms with Crippen LogP contribution >= 0.6 is 0 Å². The fourth-order valence-electron chi connectivity index (χ4n) is 25.7. The number of primary amides is 1. The molecule has 0 aromatic carbocycles. The van der Waals surface area contributed by atoms with Crippen molar-refractivity contribution in [1.29, 1.82) is 0 Å². The van der Waals surface area contributed by atoms with Crippen molar-refractivity contribution in [3.8, 4) is 49.4 Å². The average molecular weight is 2090 g/mol. The summed E-state index contributed by atoms with van der Waals surface area (Å²) in [5, 5.41) is 0. The molecule has 0 bridgehead atoms. The number of likely N-dealkylation sites (tertiary alicyclic amines) is 3. The topological polar surface area (TPSA) is 394 Å². The summed E-state index contributed by atoms with van der Waals surface area (Å²) in [5.74, 6) is -0.529. The molecular formula is C118H180N4O21S3. The lowest BCUT2D eigenvalue weighted by Gasteiger charge is -2.40. The zero-order valence-corrected chi connectivity index (χ0v) is 95.6. The van der Waals surface area contributed by atoms with Crippen molar-refractivity contribution < 1.29 is 97.2 Å². The summed E-state index contributed by atoms with van der Waals surface area (Å²) < 4.78 is 77.3. The molecule has 816 valence electrons. The van der Waals surface area contributed by atoms with E-state index >= 15 is 0 Å². The largest absolute Gasteiger partial charge is 0.363 e. The molecule has 15 atom stereocenters. The van der Waals surface area contributed by atoms with Gasteiger partial charge >= 0.3 is 0 Å². The van der Waals surface area contributed by atoms with Crippen LogP contribution < -0.4 is 5.73 Å². The monoisotopic (exact) mass is 2090 g/mol. The van der Waals surface area contributed by atoms with E-state index in [0.29, 0.717) is 83.3 Å². The molecule has 3 aliphatic heterocycles. The molecule has 6 unspecified atom stereocenters. The summed E-state index contributed by atoms with van der Waals surface area (Å²) in [6, 6.07) is -2.24. The van der Waals surface area contributed by atoms with E-state index in [1.807, 2.05) is 62.3 Å². The number of piperidine rings is 3. The van der Waals surface area contributed by atoms with E-state index < -0.39 is 165 Å². The first kappa shape index (κ1) is 124. The Morgan fingerprint density at radius 2 is 0.616 bits per heavy atom. The minimum atomic E-state index is -3.48. The number of nitrogens with two attached hydrogens (primary N) is 1. The van der Waals surface area contributed by atoms with Crippen molar-refractivity contribution >= 4 is 117 Å². The summed E-state index contributed by atoms with van der Waals surface area (Å²) >= 11 is 0. The number of nitrogens with zero attached hydrogens (tertiary/aromatic N) is 3. The van der Waals surface area contributed by atoms with Crippen LogP contribution in [0.15, 0.2) is 0 Å². The second-order valence-electron chi connectivity index (χ2n) is 54.2. The smallest absolute Gasteiger partial charge is 0.285 e. The maximum absolute atomic E-state index is 14.6. The predicted octanol–water partition coefficient (Wildman–Crippen LogP) is 18.2. The van der Waals surface area contributed by atoms with Crippen molar-refractivity contribution in [2.75, 3.05) is 36.9 Å². The highest BCUT2D eigenvalue weighted by Crippen LogP contribution is 2.68. The van der Waals surface area contributed by atoms with Crippen LogP contribution in [0.2, 0.25) is 0 Å². The fourth-order valence-corrected chi connectivity index (χ4v) is 30.6. The van der Waals surface area contributed by atoms with Crippen LogP contribution in [0.5, 0.6) is 0 Å². The Kier molecular flexibility index (Phi) is 40.4. The van der Waals surface area contributed by atoms with Gasteiger partial charge in [-0.3, -0.25) is 71.9 Å². The second-order valence-corrected chi connectivity index (χ2v) is 62.4. The van der Waals surface area contributed by atoms with Gasteiger partial charge < -0.3 is 20.4 Å². The van der Waals surface area contributed by atoms with Gasteiger partial charge in [0.1, 0.15) is 17.3 Å². The van der Waals surface area contributed by atoms with Crippen LogP contribution in [-0.2, 0) is 101 Å². The number of carbonyl (C=O) groups is 15. The van der Waals surface area contributed by atoms with E-state index in [1.165, 1.54) is 0 Å². The van der Waals surface area contributed by atoms with Gasteiger partial charge in [-0.15, -0.1) is 49.4 Å². The van der Waals surface area contributed by atoms with Gasteiger partial charge in [0, 0.05) is 151 Å². The molecule has 28 heteroatoms. The third-order valence-electron chi connectivity index (χ3n) is 36.1. The Morgan fingerprint density at radius 3 is 0.856 bits per heavy atom. The molecule has 0 aromatic heterocycles. The Balaban J connectivity index is 0.000000267. The summed E-state index contributed by atoms with van der Waals surface area (Å²) in [6.45, 7) is 46.3. The number of ketones is 11. The molecule has 4 amide bonds.